The fourth-order valence-corrected chi connectivity index (χ4v) is 3.52. The van der Waals surface area contributed by atoms with Gasteiger partial charge in [0.15, 0.2) is 0 Å². The molecule has 0 heterocycles. The second-order valence-electron chi connectivity index (χ2n) is 9.61. The normalized spacial score (nSPS) is 11.1. The highest BCUT2D eigenvalue weighted by molar-refractivity contribution is 5.66. The first-order chi connectivity index (χ1) is 23.9. The lowest BCUT2D eigenvalue weighted by molar-refractivity contribution is -0.393. The third-order valence-corrected chi connectivity index (χ3v) is 5.83. The lowest BCUT2D eigenvalue weighted by atomic mass is 10.2. The van der Waals surface area contributed by atoms with Crippen LogP contribution in [0.15, 0.2) is 18.2 Å². The molecular weight excluding hydrogens is 658 g/mol. The van der Waals surface area contributed by atoms with Gasteiger partial charge in [-0.3, -0.25) is 25.0 Å². The Morgan fingerprint density at radius 2 is 0.857 bits per heavy atom. The molecule has 49 heavy (non-hydrogen) atoms. The van der Waals surface area contributed by atoms with E-state index in [4.69, 9.17) is 52.1 Å². The van der Waals surface area contributed by atoms with Crippen LogP contribution in [-0.4, -0.2) is 161 Å². The van der Waals surface area contributed by atoms with E-state index in [-0.39, 0.29) is 42.8 Å². The Labute approximate surface area is 285 Å². The number of anilines is 1. The quantitative estimate of drug-likeness (QED) is 0.0453. The van der Waals surface area contributed by atoms with Crippen LogP contribution < -0.4 is 5.32 Å². The van der Waals surface area contributed by atoms with Gasteiger partial charge in [-0.05, 0) is 6.07 Å². The van der Waals surface area contributed by atoms with Crippen LogP contribution in [0.1, 0.15) is 6.92 Å². The molecule has 1 aromatic carbocycles. The summed E-state index contributed by atoms with van der Waals surface area (Å²) in [5.41, 5.74) is -0.536. The van der Waals surface area contributed by atoms with Crippen LogP contribution in [0.5, 0.6) is 0 Å². The number of rotatable bonds is 36. The van der Waals surface area contributed by atoms with E-state index < -0.39 is 9.85 Å². The number of hydrogen-bond acceptors (Lipinski definition) is 17. The van der Waals surface area contributed by atoms with Crippen molar-refractivity contribution in [3.8, 4) is 0 Å². The van der Waals surface area contributed by atoms with E-state index in [0.717, 1.165) is 6.07 Å². The zero-order valence-corrected chi connectivity index (χ0v) is 28.2. The number of nitro groups is 2. The van der Waals surface area contributed by atoms with E-state index in [0.29, 0.717) is 126 Å². The van der Waals surface area contributed by atoms with Gasteiger partial charge < -0.3 is 57.4 Å². The van der Waals surface area contributed by atoms with Crippen LogP contribution in [0, 0.1) is 20.2 Å². The summed E-state index contributed by atoms with van der Waals surface area (Å²) in [7, 11) is 0. The molecule has 282 valence electrons. The Morgan fingerprint density at radius 3 is 1.16 bits per heavy atom. The summed E-state index contributed by atoms with van der Waals surface area (Å²) in [6, 6.07) is 3.42. The predicted molar refractivity (Wildman–Crippen MR) is 173 cm³/mol. The molecule has 0 bridgehead atoms. The van der Waals surface area contributed by atoms with E-state index >= 15 is 0 Å². The van der Waals surface area contributed by atoms with Crippen molar-refractivity contribution in [1.29, 1.82) is 0 Å². The van der Waals surface area contributed by atoms with Crippen molar-refractivity contribution in [2.24, 2.45) is 0 Å². The molecule has 0 saturated heterocycles. The number of nitro benzene ring substituents is 2. The smallest absolute Gasteiger partial charge is 0.302 e. The topological polar surface area (TPSA) is 217 Å². The van der Waals surface area contributed by atoms with Crippen molar-refractivity contribution in [3.63, 3.8) is 0 Å². The molecule has 0 radical (unpaired) electrons. The van der Waals surface area contributed by atoms with Gasteiger partial charge in [0.05, 0.1) is 148 Å². The highest BCUT2D eigenvalue weighted by Gasteiger charge is 2.19. The van der Waals surface area contributed by atoms with Gasteiger partial charge in [0.1, 0.15) is 12.3 Å². The summed E-state index contributed by atoms with van der Waals surface area (Å²) in [5, 5.41) is 24.8. The third-order valence-electron chi connectivity index (χ3n) is 5.83. The predicted octanol–water partition coefficient (Wildman–Crippen LogP) is 1.64. The van der Waals surface area contributed by atoms with Gasteiger partial charge >= 0.3 is 5.97 Å². The van der Waals surface area contributed by atoms with Crippen molar-refractivity contribution in [2.45, 2.75) is 6.92 Å². The maximum absolute atomic E-state index is 11.1. The molecule has 0 aliphatic heterocycles. The summed E-state index contributed by atoms with van der Waals surface area (Å²) >= 11 is 0. The number of carbonyl (C=O) groups is 1. The van der Waals surface area contributed by atoms with Crippen molar-refractivity contribution in [3.05, 3.63) is 38.4 Å². The standard InChI is InChI=1S/C30H51N3O16/c1-27(34)49-25-24-48-23-22-47-21-20-46-19-18-45-17-16-44-15-14-43-13-12-42-11-10-41-9-8-40-7-6-39-5-4-31-29-3-2-28(32(35)36)26-30(29)33(37)38/h2-3,26,31H,4-25H2,1H3. The Morgan fingerprint density at radius 1 is 0.531 bits per heavy atom. The largest absolute Gasteiger partial charge is 0.463 e. The van der Waals surface area contributed by atoms with Crippen LogP contribution in [0.2, 0.25) is 0 Å². The number of ether oxygens (including phenoxy) is 11. The number of esters is 1. The van der Waals surface area contributed by atoms with Crippen molar-refractivity contribution >= 4 is 23.0 Å². The minimum absolute atomic E-state index is 0.182. The summed E-state index contributed by atoms with van der Waals surface area (Å²) in [5.74, 6) is -0.323. The first-order valence-corrected chi connectivity index (χ1v) is 16.0. The highest BCUT2D eigenvalue weighted by Crippen LogP contribution is 2.28. The molecule has 0 fully saturated rings. The van der Waals surface area contributed by atoms with Gasteiger partial charge in [-0.2, -0.15) is 0 Å². The van der Waals surface area contributed by atoms with Gasteiger partial charge in [0.25, 0.3) is 11.4 Å². The third kappa shape index (κ3) is 27.4. The Hall–Kier alpha value is -3.11. The molecular formula is C30H51N3O16. The van der Waals surface area contributed by atoms with Crippen molar-refractivity contribution < 1.29 is 66.7 Å². The Balaban J connectivity index is 1.72. The lowest BCUT2D eigenvalue weighted by Crippen LogP contribution is -2.16. The van der Waals surface area contributed by atoms with Crippen LogP contribution in [-0.2, 0) is 56.9 Å². The van der Waals surface area contributed by atoms with Crippen molar-refractivity contribution in [1.82, 2.24) is 0 Å². The van der Waals surface area contributed by atoms with E-state index in [9.17, 15) is 25.0 Å². The molecule has 0 unspecified atom stereocenters. The molecule has 0 aliphatic rings. The molecule has 0 aliphatic carbocycles. The number of nitrogens with zero attached hydrogens (tertiary/aromatic N) is 2. The first-order valence-electron chi connectivity index (χ1n) is 16.0. The Bertz CT molecular complexity index is 991. The van der Waals surface area contributed by atoms with Gasteiger partial charge in [-0.1, -0.05) is 0 Å². The molecule has 19 nitrogen and oxygen atoms in total. The number of carbonyl (C=O) groups excluding carboxylic acids is 1. The molecule has 0 atom stereocenters. The zero-order valence-electron chi connectivity index (χ0n) is 28.2. The second-order valence-corrected chi connectivity index (χ2v) is 9.61. The van der Waals surface area contributed by atoms with Crippen LogP contribution in [0.4, 0.5) is 17.1 Å². The van der Waals surface area contributed by atoms with E-state index in [1.165, 1.54) is 19.1 Å². The van der Waals surface area contributed by atoms with E-state index in [1.54, 1.807) is 0 Å². The number of non-ortho nitro benzene ring substituents is 1. The van der Waals surface area contributed by atoms with Gasteiger partial charge in [-0.25, -0.2) is 0 Å². The van der Waals surface area contributed by atoms with E-state index in [2.05, 4.69) is 5.32 Å². The molecule has 1 N–H and O–H groups in total. The number of nitrogens with one attached hydrogen (secondary N) is 1. The fraction of sp³-hybridized carbons (Fsp3) is 0.767. The highest BCUT2D eigenvalue weighted by atomic mass is 16.6. The fourth-order valence-electron chi connectivity index (χ4n) is 3.52. The molecule has 0 spiro atoms. The molecule has 0 aromatic heterocycles. The zero-order chi connectivity index (χ0) is 35.6. The number of hydrogen-bond donors (Lipinski definition) is 1. The minimum Gasteiger partial charge on any atom is -0.463 e. The van der Waals surface area contributed by atoms with Gasteiger partial charge in [0.2, 0.25) is 0 Å². The molecule has 0 saturated carbocycles. The second kappa shape index (κ2) is 32.1. The number of benzene rings is 1. The maximum atomic E-state index is 11.1. The summed E-state index contributed by atoms with van der Waals surface area (Å²) in [4.78, 5) is 31.2. The van der Waals surface area contributed by atoms with Crippen LogP contribution in [0.25, 0.3) is 0 Å². The SMILES string of the molecule is CC(=O)OCCOCCOCCOCCOCCOCCOCCOCCOCCOCCOCCNc1ccc([N+](=O)[O-])cc1[N+](=O)[O-]. The van der Waals surface area contributed by atoms with Crippen LogP contribution >= 0.6 is 0 Å². The summed E-state index contributed by atoms with van der Waals surface area (Å²) < 4.78 is 58.8. The molecule has 0 amide bonds. The Kier molecular flexibility index (Phi) is 28.8. The average Bonchev–Trinajstić information content (AvgIpc) is 3.08. The molecule has 19 heteroatoms. The van der Waals surface area contributed by atoms with Crippen LogP contribution in [0.3, 0.4) is 0 Å². The molecule has 1 rings (SSSR count). The maximum Gasteiger partial charge on any atom is 0.302 e. The monoisotopic (exact) mass is 709 g/mol. The van der Waals surface area contributed by atoms with Gasteiger partial charge in [0, 0.05) is 19.5 Å². The summed E-state index contributed by atoms with van der Waals surface area (Å²) in [6.45, 7) is 10.4. The van der Waals surface area contributed by atoms with Crippen molar-refractivity contribution in [2.75, 3.05) is 151 Å². The lowest BCUT2D eigenvalue weighted by Gasteiger charge is -2.09. The minimum atomic E-state index is -0.684. The van der Waals surface area contributed by atoms with Gasteiger partial charge in [-0.15, -0.1) is 0 Å². The van der Waals surface area contributed by atoms with E-state index in [1.807, 2.05) is 0 Å². The summed E-state index contributed by atoms with van der Waals surface area (Å²) in [6.07, 6.45) is 0. The average molecular weight is 710 g/mol. The first kappa shape index (κ1) is 43.9. The molecule has 1 aromatic rings.